The van der Waals surface area contributed by atoms with Crippen molar-refractivity contribution < 1.29 is 15.0 Å². The molecule has 0 spiro atoms. The van der Waals surface area contributed by atoms with Crippen LogP contribution in [0, 0.1) is 0 Å². The van der Waals surface area contributed by atoms with Crippen molar-refractivity contribution in [3.05, 3.63) is 28.8 Å². The van der Waals surface area contributed by atoms with E-state index in [1.165, 1.54) is 13.0 Å². The van der Waals surface area contributed by atoms with Gasteiger partial charge in [0.2, 0.25) is 0 Å². The van der Waals surface area contributed by atoms with E-state index >= 15 is 0 Å². The van der Waals surface area contributed by atoms with Crippen LogP contribution < -0.4 is 5.73 Å². The average molecular weight is 276 g/mol. The zero-order valence-corrected chi connectivity index (χ0v) is 10.8. The Hall–Kier alpha value is -0.750. The summed E-state index contributed by atoms with van der Waals surface area (Å²) in [6.45, 7) is 1.41. The number of hydrogen-bond acceptors (Lipinski definition) is 5. The molecule has 0 radical (unpaired) electrons. The monoisotopic (exact) mass is 275 g/mol. The van der Waals surface area contributed by atoms with Crippen molar-refractivity contribution in [2.24, 2.45) is 0 Å². The molecule has 94 valence electrons. The summed E-state index contributed by atoms with van der Waals surface area (Å²) in [5.41, 5.74) is 6.41. The fourth-order valence-corrected chi connectivity index (χ4v) is 1.97. The maximum absolute atomic E-state index is 10.7. The molecule has 4 nitrogen and oxygen atoms in total. The Morgan fingerprint density at radius 3 is 2.71 bits per heavy atom. The number of carbonyl (C=O) groups excluding carboxylic acids is 1. The van der Waals surface area contributed by atoms with Gasteiger partial charge in [0.05, 0.1) is 16.8 Å². The molecule has 0 aromatic heterocycles. The Labute approximate surface area is 109 Å². The summed E-state index contributed by atoms with van der Waals surface area (Å²) >= 11 is 6.71. The molecular weight excluding hydrogens is 262 g/mol. The number of hydrogen-bond donors (Lipinski definition) is 3. The quantitative estimate of drug-likeness (QED) is 0.727. The van der Waals surface area contributed by atoms with E-state index in [-0.39, 0.29) is 10.9 Å². The van der Waals surface area contributed by atoms with Crippen LogP contribution in [0.4, 0.5) is 5.69 Å². The lowest BCUT2D eigenvalue weighted by Gasteiger charge is -2.17. The molecular formula is C11H14ClNO3S. The standard InChI is InChI=1S/C11H14ClNO3S/c1-6(14)17-5-10(15)11(16)7-2-3-8(12)9(13)4-7/h2-4,10-11,15-16H,5,13H2,1H3. The lowest BCUT2D eigenvalue weighted by molar-refractivity contribution is -0.109. The molecule has 0 aliphatic carbocycles. The highest BCUT2D eigenvalue weighted by Crippen LogP contribution is 2.26. The van der Waals surface area contributed by atoms with Crippen LogP contribution in [-0.4, -0.2) is 27.2 Å². The third kappa shape index (κ3) is 4.20. The van der Waals surface area contributed by atoms with Crippen molar-refractivity contribution in [2.75, 3.05) is 11.5 Å². The second-order valence-electron chi connectivity index (χ2n) is 3.60. The summed E-state index contributed by atoms with van der Waals surface area (Å²) in [5, 5.41) is 19.8. The maximum atomic E-state index is 10.7. The predicted molar refractivity (Wildman–Crippen MR) is 70.0 cm³/mol. The molecule has 0 heterocycles. The highest BCUT2D eigenvalue weighted by Gasteiger charge is 2.19. The molecule has 0 saturated heterocycles. The van der Waals surface area contributed by atoms with E-state index < -0.39 is 12.2 Å². The normalized spacial score (nSPS) is 14.4. The van der Waals surface area contributed by atoms with Gasteiger partial charge < -0.3 is 15.9 Å². The van der Waals surface area contributed by atoms with E-state index in [0.717, 1.165) is 11.8 Å². The highest BCUT2D eigenvalue weighted by molar-refractivity contribution is 8.13. The molecule has 1 aromatic carbocycles. The molecule has 0 aliphatic heterocycles. The molecule has 0 fully saturated rings. The van der Waals surface area contributed by atoms with Crippen molar-refractivity contribution >= 4 is 34.2 Å². The summed E-state index contributed by atoms with van der Waals surface area (Å²) in [6.07, 6.45) is -2.11. The highest BCUT2D eigenvalue weighted by atomic mass is 35.5. The third-order valence-corrected chi connectivity index (χ3v) is 3.44. The van der Waals surface area contributed by atoms with Crippen LogP contribution in [-0.2, 0) is 4.79 Å². The van der Waals surface area contributed by atoms with Crippen molar-refractivity contribution in [1.29, 1.82) is 0 Å². The minimum absolute atomic E-state index is 0.105. The molecule has 1 aromatic rings. The fraction of sp³-hybridized carbons (Fsp3) is 0.364. The van der Waals surface area contributed by atoms with Crippen LogP contribution in [0.2, 0.25) is 5.02 Å². The van der Waals surface area contributed by atoms with Crippen LogP contribution in [0.25, 0.3) is 0 Å². The molecule has 6 heteroatoms. The molecule has 0 saturated carbocycles. The summed E-state index contributed by atoms with van der Waals surface area (Å²) in [4.78, 5) is 10.7. The van der Waals surface area contributed by atoms with Crippen molar-refractivity contribution in [1.82, 2.24) is 0 Å². The summed E-state index contributed by atoms with van der Waals surface area (Å²) in [6, 6.07) is 4.65. The number of benzene rings is 1. The number of rotatable bonds is 4. The van der Waals surface area contributed by atoms with Gasteiger partial charge in [-0.15, -0.1) is 0 Å². The lowest BCUT2D eigenvalue weighted by atomic mass is 10.0. The molecule has 0 aliphatic rings. The minimum atomic E-state index is -1.08. The van der Waals surface area contributed by atoms with Gasteiger partial charge in [0.15, 0.2) is 5.12 Å². The van der Waals surface area contributed by atoms with Gasteiger partial charge in [0.1, 0.15) is 6.10 Å². The van der Waals surface area contributed by atoms with E-state index in [0.29, 0.717) is 16.3 Å². The second kappa shape index (κ2) is 6.26. The van der Waals surface area contributed by atoms with Gasteiger partial charge in [0, 0.05) is 12.7 Å². The number of thioether (sulfide) groups is 1. The summed E-state index contributed by atoms with van der Waals surface area (Å²) in [7, 11) is 0. The van der Waals surface area contributed by atoms with Crippen LogP contribution in [0.1, 0.15) is 18.6 Å². The zero-order valence-electron chi connectivity index (χ0n) is 9.26. The smallest absolute Gasteiger partial charge is 0.185 e. The lowest BCUT2D eigenvalue weighted by Crippen LogP contribution is -2.21. The van der Waals surface area contributed by atoms with Crippen molar-refractivity contribution in [3.8, 4) is 0 Å². The van der Waals surface area contributed by atoms with E-state index in [1.807, 2.05) is 0 Å². The van der Waals surface area contributed by atoms with Gasteiger partial charge in [0.25, 0.3) is 0 Å². The number of nitrogens with two attached hydrogens (primary N) is 1. The van der Waals surface area contributed by atoms with Gasteiger partial charge in [-0.25, -0.2) is 0 Å². The summed E-state index contributed by atoms with van der Waals surface area (Å²) in [5.74, 6) is 0.138. The largest absolute Gasteiger partial charge is 0.398 e. The number of aliphatic hydroxyl groups excluding tert-OH is 2. The molecule has 4 N–H and O–H groups in total. The molecule has 2 atom stereocenters. The fourth-order valence-electron chi connectivity index (χ4n) is 1.26. The topological polar surface area (TPSA) is 83.5 Å². The third-order valence-electron chi connectivity index (χ3n) is 2.18. The molecule has 0 amide bonds. The zero-order chi connectivity index (χ0) is 13.0. The van der Waals surface area contributed by atoms with Crippen molar-refractivity contribution in [2.45, 2.75) is 19.1 Å². The number of halogens is 1. The van der Waals surface area contributed by atoms with Crippen molar-refractivity contribution in [3.63, 3.8) is 0 Å². The van der Waals surface area contributed by atoms with E-state index in [4.69, 9.17) is 17.3 Å². The van der Waals surface area contributed by atoms with E-state index in [9.17, 15) is 15.0 Å². The van der Waals surface area contributed by atoms with E-state index in [2.05, 4.69) is 0 Å². The van der Waals surface area contributed by atoms with Crippen LogP contribution >= 0.6 is 23.4 Å². The average Bonchev–Trinajstić information content (AvgIpc) is 2.28. The minimum Gasteiger partial charge on any atom is -0.398 e. The molecule has 2 unspecified atom stereocenters. The first-order valence-electron chi connectivity index (χ1n) is 4.96. The first-order chi connectivity index (χ1) is 7.91. The molecule has 17 heavy (non-hydrogen) atoms. The van der Waals surface area contributed by atoms with Crippen LogP contribution in [0.5, 0.6) is 0 Å². The maximum Gasteiger partial charge on any atom is 0.185 e. The van der Waals surface area contributed by atoms with Gasteiger partial charge >= 0.3 is 0 Å². The van der Waals surface area contributed by atoms with Crippen LogP contribution in [0.3, 0.4) is 0 Å². The van der Waals surface area contributed by atoms with Gasteiger partial charge in [-0.1, -0.05) is 29.4 Å². The van der Waals surface area contributed by atoms with Gasteiger partial charge in [-0.2, -0.15) is 0 Å². The van der Waals surface area contributed by atoms with Gasteiger partial charge in [-0.3, -0.25) is 4.79 Å². The second-order valence-corrected chi connectivity index (χ2v) is 5.20. The van der Waals surface area contributed by atoms with E-state index in [1.54, 1.807) is 12.1 Å². The Balaban J connectivity index is 2.70. The number of anilines is 1. The number of carbonyl (C=O) groups is 1. The summed E-state index contributed by atoms with van der Waals surface area (Å²) < 4.78 is 0. The SMILES string of the molecule is CC(=O)SCC(O)C(O)c1ccc(Cl)c(N)c1. The first kappa shape index (κ1) is 14.3. The molecule has 0 bridgehead atoms. The number of aliphatic hydroxyl groups is 2. The Kier molecular flexibility index (Phi) is 5.27. The Morgan fingerprint density at radius 2 is 2.18 bits per heavy atom. The molecule has 1 rings (SSSR count). The Morgan fingerprint density at radius 1 is 1.53 bits per heavy atom. The first-order valence-corrected chi connectivity index (χ1v) is 6.32. The van der Waals surface area contributed by atoms with Gasteiger partial charge in [-0.05, 0) is 17.7 Å². The van der Waals surface area contributed by atoms with Crippen LogP contribution in [0.15, 0.2) is 18.2 Å². The number of nitrogen functional groups attached to an aromatic ring is 1. The predicted octanol–water partition coefficient (Wildman–Crippen LogP) is 1.60. The Bertz CT molecular complexity index is 414.